The molecule has 8 nitrogen and oxygen atoms in total. The van der Waals surface area contributed by atoms with E-state index in [9.17, 15) is 31.0 Å². The Balaban J connectivity index is 2.46. The average Bonchev–Trinajstić information content (AvgIpc) is 2.52. The molecule has 4 aromatic carbocycles. The maximum atomic E-state index is 11.8. The minimum atomic E-state index is -4.80. The van der Waals surface area contributed by atoms with Gasteiger partial charge in [-0.2, -0.15) is 16.8 Å². The highest BCUT2D eigenvalue weighted by Crippen LogP contribution is 2.44. The topological polar surface area (TPSA) is 155 Å². The molecule has 0 saturated heterocycles. The minimum Gasteiger partial charge on any atom is -0.507 e. The molecule has 0 heterocycles. The summed E-state index contributed by atoms with van der Waals surface area (Å²) < 4.78 is 66.3. The van der Waals surface area contributed by atoms with Gasteiger partial charge >= 0.3 is 0 Å². The summed E-state index contributed by atoms with van der Waals surface area (Å²) >= 11 is 0. The lowest BCUT2D eigenvalue weighted by molar-refractivity contribution is 0.481. The zero-order chi connectivity index (χ0) is 19.0. The minimum absolute atomic E-state index is 0.0398. The third kappa shape index (κ3) is 2.20. The van der Waals surface area contributed by atoms with Gasteiger partial charge in [0.1, 0.15) is 15.5 Å². The Morgan fingerprint density at radius 2 is 1.12 bits per heavy atom. The van der Waals surface area contributed by atoms with Crippen LogP contribution in [0.15, 0.2) is 46.2 Å². The molecular formula is C16H11NO7S2. The molecule has 134 valence electrons. The summed E-state index contributed by atoms with van der Waals surface area (Å²) in [5.74, 6) is -0.171. The van der Waals surface area contributed by atoms with E-state index in [2.05, 4.69) is 0 Å². The Labute approximate surface area is 147 Å². The Bertz CT molecular complexity index is 1340. The highest BCUT2D eigenvalue weighted by Gasteiger charge is 2.26. The molecule has 0 aliphatic carbocycles. The molecule has 26 heavy (non-hydrogen) atoms. The van der Waals surface area contributed by atoms with Gasteiger partial charge in [0, 0.05) is 44.1 Å². The molecule has 10 heteroatoms. The molecule has 0 radical (unpaired) electrons. The van der Waals surface area contributed by atoms with Crippen LogP contribution < -0.4 is 5.73 Å². The van der Waals surface area contributed by atoms with Crippen molar-refractivity contribution >= 4 is 58.2 Å². The van der Waals surface area contributed by atoms with Crippen LogP contribution in [-0.4, -0.2) is 31.0 Å². The van der Waals surface area contributed by atoms with Crippen LogP contribution in [0.25, 0.3) is 32.3 Å². The number of hydrogen-bond acceptors (Lipinski definition) is 6. The molecular weight excluding hydrogens is 382 g/mol. The second-order valence-electron chi connectivity index (χ2n) is 5.88. The third-order valence-electron chi connectivity index (χ3n) is 4.39. The standard InChI is InChI=1S/C16H11NO7S2/c17-11-5-12(18)8-2-4-10-14(26(22,23)24)6-13(25(19,20)21)9-3-1-7(11)15(8)16(9)10/h1-6,18H,17H2,(H,19,20,21)(H,22,23,24). The van der Waals surface area contributed by atoms with Crippen LogP contribution in [0.3, 0.4) is 0 Å². The first-order chi connectivity index (χ1) is 12.0. The molecule has 0 fully saturated rings. The van der Waals surface area contributed by atoms with Gasteiger partial charge in [0.05, 0.1) is 0 Å². The number of phenols is 1. The van der Waals surface area contributed by atoms with Gasteiger partial charge in [0.2, 0.25) is 0 Å². The van der Waals surface area contributed by atoms with Gasteiger partial charge in [0.15, 0.2) is 0 Å². The van der Waals surface area contributed by atoms with Crippen molar-refractivity contribution in [3.63, 3.8) is 0 Å². The highest BCUT2D eigenvalue weighted by atomic mass is 32.2. The molecule has 0 aliphatic heterocycles. The lowest BCUT2D eigenvalue weighted by atomic mass is 9.93. The summed E-state index contributed by atoms with van der Waals surface area (Å²) in [6, 6.07) is 7.72. The van der Waals surface area contributed by atoms with Crippen LogP contribution in [0, 0.1) is 0 Å². The van der Waals surface area contributed by atoms with E-state index in [1.807, 2.05) is 0 Å². The molecule has 5 N–H and O–H groups in total. The van der Waals surface area contributed by atoms with E-state index >= 15 is 0 Å². The largest absolute Gasteiger partial charge is 0.507 e. The number of hydrogen-bond donors (Lipinski definition) is 4. The van der Waals surface area contributed by atoms with Gasteiger partial charge in [0.25, 0.3) is 20.2 Å². The van der Waals surface area contributed by atoms with E-state index in [-0.39, 0.29) is 27.6 Å². The fourth-order valence-electron chi connectivity index (χ4n) is 3.36. The van der Waals surface area contributed by atoms with Gasteiger partial charge in [-0.1, -0.05) is 18.2 Å². The predicted octanol–water partition coefficient (Wildman–Crippen LogP) is 2.37. The fraction of sp³-hybridized carbons (Fsp3) is 0. The zero-order valence-electron chi connectivity index (χ0n) is 12.8. The van der Waals surface area contributed by atoms with Gasteiger partial charge in [-0.15, -0.1) is 0 Å². The van der Waals surface area contributed by atoms with Crippen molar-refractivity contribution in [2.24, 2.45) is 0 Å². The predicted molar refractivity (Wildman–Crippen MR) is 95.9 cm³/mol. The number of nitrogen functional groups attached to an aromatic ring is 1. The van der Waals surface area contributed by atoms with E-state index in [1.165, 1.54) is 30.3 Å². The van der Waals surface area contributed by atoms with Crippen molar-refractivity contribution in [3.8, 4) is 5.75 Å². The van der Waals surface area contributed by atoms with Gasteiger partial charge < -0.3 is 10.8 Å². The maximum Gasteiger partial charge on any atom is 0.295 e. The quantitative estimate of drug-likeness (QED) is 0.230. The van der Waals surface area contributed by atoms with E-state index in [0.29, 0.717) is 22.2 Å². The van der Waals surface area contributed by atoms with Crippen molar-refractivity contribution in [3.05, 3.63) is 36.4 Å². The van der Waals surface area contributed by atoms with Crippen molar-refractivity contribution in [1.82, 2.24) is 0 Å². The molecule has 0 atom stereocenters. The van der Waals surface area contributed by atoms with Crippen LogP contribution in [0.5, 0.6) is 5.75 Å². The van der Waals surface area contributed by atoms with Crippen LogP contribution >= 0.6 is 0 Å². The second-order valence-corrected chi connectivity index (χ2v) is 8.66. The first-order valence-corrected chi connectivity index (χ1v) is 10.1. The smallest absolute Gasteiger partial charge is 0.295 e. The number of anilines is 1. The monoisotopic (exact) mass is 393 g/mol. The summed E-state index contributed by atoms with van der Waals surface area (Å²) in [5.41, 5.74) is 6.12. The number of phenolic OH excluding ortho intramolecular Hbond substituents is 1. The molecule has 0 spiro atoms. The first kappa shape index (κ1) is 16.8. The second kappa shape index (κ2) is 4.95. The van der Waals surface area contributed by atoms with E-state index < -0.39 is 30.0 Å². The van der Waals surface area contributed by atoms with Gasteiger partial charge in [-0.3, -0.25) is 9.11 Å². The third-order valence-corrected chi connectivity index (χ3v) is 6.18. The van der Waals surface area contributed by atoms with E-state index in [0.717, 1.165) is 0 Å². The van der Waals surface area contributed by atoms with Crippen molar-refractivity contribution in [2.75, 3.05) is 5.73 Å². The van der Waals surface area contributed by atoms with Crippen molar-refractivity contribution in [2.45, 2.75) is 9.79 Å². The van der Waals surface area contributed by atoms with E-state index in [1.54, 1.807) is 0 Å². The SMILES string of the molecule is Nc1cc(O)c2ccc3c(S(=O)(=O)O)cc(S(=O)(=O)O)c4ccc1c2c43. The summed E-state index contributed by atoms with van der Waals surface area (Å²) in [6.45, 7) is 0. The Kier molecular flexibility index (Phi) is 3.20. The first-order valence-electron chi connectivity index (χ1n) is 7.18. The average molecular weight is 393 g/mol. The molecule has 0 amide bonds. The number of nitrogens with two attached hydrogens (primary N) is 1. The Hall–Kier alpha value is -2.66. The molecule has 4 rings (SSSR count). The van der Waals surface area contributed by atoms with Crippen LogP contribution in [0.2, 0.25) is 0 Å². The molecule has 4 aromatic rings. The number of benzene rings is 4. The highest BCUT2D eigenvalue weighted by molar-refractivity contribution is 7.87. The molecule has 0 aromatic heterocycles. The maximum absolute atomic E-state index is 11.8. The molecule has 0 saturated carbocycles. The summed E-state index contributed by atoms with van der Waals surface area (Å²) in [7, 11) is -9.60. The Morgan fingerprint density at radius 1 is 0.692 bits per heavy atom. The van der Waals surface area contributed by atoms with Crippen LogP contribution in [0.4, 0.5) is 5.69 Å². The normalized spacial score (nSPS) is 13.2. The summed E-state index contributed by atoms with van der Waals surface area (Å²) in [6.07, 6.45) is 0. The zero-order valence-corrected chi connectivity index (χ0v) is 14.5. The van der Waals surface area contributed by atoms with Gasteiger partial charge in [-0.05, 0) is 12.1 Å². The van der Waals surface area contributed by atoms with Crippen molar-refractivity contribution < 1.29 is 31.0 Å². The fourth-order valence-corrected chi connectivity index (χ4v) is 4.87. The van der Waals surface area contributed by atoms with E-state index in [4.69, 9.17) is 5.73 Å². The molecule has 0 unspecified atom stereocenters. The summed E-state index contributed by atoms with van der Waals surface area (Å²) in [4.78, 5) is -1.34. The summed E-state index contributed by atoms with van der Waals surface area (Å²) in [5, 5.41) is 11.5. The number of rotatable bonds is 2. The van der Waals surface area contributed by atoms with Gasteiger partial charge in [-0.25, -0.2) is 0 Å². The lowest BCUT2D eigenvalue weighted by Gasteiger charge is -2.16. The number of aromatic hydroxyl groups is 1. The molecule has 0 bridgehead atoms. The lowest BCUT2D eigenvalue weighted by Crippen LogP contribution is -2.06. The Morgan fingerprint density at radius 3 is 1.62 bits per heavy atom. The van der Waals surface area contributed by atoms with Crippen LogP contribution in [-0.2, 0) is 20.2 Å². The van der Waals surface area contributed by atoms with Crippen molar-refractivity contribution in [1.29, 1.82) is 0 Å². The molecule has 0 aliphatic rings. The van der Waals surface area contributed by atoms with Crippen LogP contribution in [0.1, 0.15) is 0 Å².